The SMILES string of the molecule is C1=CC2=C(C3CSC4=C(SC(=C5SC6=C(SCCS6)S5)S4)S3)C=C(C3CSC4=C(SC(=C5SC6=C(SCCS6)S5)S4)S3)C3=CC=C4C(=C1C(C1CSC5=C(SC(=C6SC7=C(SCCS7)S6)S5)S1)=C[C@H]4C1CSC4=C(SC(=C5SC6=C(SCCS6)S5)S4)S1)[C@@H]32. The quantitative estimate of drug-likeness (QED) is 0.262. The molecule has 0 nitrogen and oxygen atoms in total. The van der Waals surface area contributed by atoms with Gasteiger partial charge in [-0.05, 0) is 44.6 Å². The van der Waals surface area contributed by atoms with E-state index in [9.17, 15) is 0 Å². The normalized spacial score (nSPS) is 33.5. The fourth-order valence-electron chi connectivity index (χ4n) is 11.8. The van der Waals surface area contributed by atoms with Crippen LogP contribution in [0.5, 0.6) is 0 Å². The van der Waals surface area contributed by atoms with E-state index in [0.29, 0.717) is 26.9 Å². The predicted molar refractivity (Wildman–Crippen MR) is 463 cm³/mol. The molecule has 0 saturated heterocycles. The van der Waals surface area contributed by atoms with Gasteiger partial charge in [0.15, 0.2) is 0 Å². The Kier molecular flexibility index (Phi) is 19.9. The molecule has 0 aromatic carbocycles. The van der Waals surface area contributed by atoms with Gasteiger partial charge in [-0.3, -0.25) is 0 Å². The van der Waals surface area contributed by atoms with Gasteiger partial charge in [-0.15, -0.1) is 188 Å². The van der Waals surface area contributed by atoms with Crippen molar-refractivity contribution >= 4 is 376 Å². The number of hydrogen-bond acceptors (Lipinski definition) is 32. The lowest BCUT2D eigenvalue weighted by molar-refractivity contribution is 0.685. The van der Waals surface area contributed by atoms with Crippen LogP contribution in [0.2, 0.25) is 0 Å². The van der Waals surface area contributed by atoms with Gasteiger partial charge in [0.25, 0.3) is 0 Å². The van der Waals surface area contributed by atoms with Crippen LogP contribution in [0, 0.1) is 11.8 Å². The molecule has 0 N–H and O–H groups in total. The highest BCUT2D eigenvalue weighted by molar-refractivity contribution is 8.49. The molecule has 20 aliphatic rings. The Morgan fingerprint density at radius 1 is 0.261 bits per heavy atom. The zero-order chi connectivity index (χ0) is 57.3. The third-order valence-corrected chi connectivity index (χ3v) is 64.9. The monoisotopic (exact) mass is 1730 g/mol. The van der Waals surface area contributed by atoms with Gasteiger partial charge in [-0.2, -0.15) is 0 Å². The Bertz CT molecular complexity index is 3900. The van der Waals surface area contributed by atoms with Crippen LogP contribution in [0.15, 0.2) is 183 Å². The minimum atomic E-state index is 0.232. The smallest absolute Gasteiger partial charge is 0.0717 e. The summed E-state index contributed by atoms with van der Waals surface area (Å²) >= 11 is 67.3. The molecule has 16 heterocycles. The molecule has 6 atom stereocenters. The van der Waals surface area contributed by atoms with Gasteiger partial charge in [0.2, 0.25) is 0 Å². The molecule has 0 aromatic rings. The van der Waals surface area contributed by atoms with Crippen LogP contribution in [0.25, 0.3) is 0 Å². The van der Waals surface area contributed by atoms with Crippen LogP contribution in [0.4, 0.5) is 0 Å². The molecule has 0 fully saturated rings. The summed E-state index contributed by atoms with van der Waals surface area (Å²) in [6, 6.07) is 0. The van der Waals surface area contributed by atoms with Gasteiger partial charge in [0, 0.05) is 102 Å². The Morgan fingerprint density at radius 3 is 1.01 bits per heavy atom. The first-order valence-electron chi connectivity index (χ1n) is 27.5. The van der Waals surface area contributed by atoms with Crippen molar-refractivity contribution in [2.75, 3.05) is 69.0 Å². The van der Waals surface area contributed by atoms with Crippen molar-refractivity contribution in [3.8, 4) is 0 Å². The third kappa shape index (κ3) is 12.1. The predicted octanol–water partition coefficient (Wildman–Crippen LogP) is 27.8. The minimum absolute atomic E-state index is 0.232. The maximum atomic E-state index is 2.86. The summed E-state index contributed by atoms with van der Waals surface area (Å²) in [5, 5.41) is 1.61. The molecule has 0 spiro atoms. The Morgan fingerprint density at radius 2 is 0.591 bits per heavy atom. The maximum Gasteiger partial charge on any atom is 0.0717 e. The Balaban J connectivity index is 0.657. The molecular formula is C56H36S32. The number of allylic oxidation sites excluding steroid dienone is 11. The van der Waals surface area contributed by atoms with Gasteiger partial charge in [0.1, 0.15) is 0 Å². The average Bonchev–Trinajstić information content (AvgIpc) is 1.08. The van der Waals surface area contributed by atoms with Gasteiger partial charge >= 0.3 is 0 Å². The standard InChI is InChI=1S/C56H36S32/c1-2-20-24(28-16-66-42-46(70-28)86-54(82-42)50-75-35-36(76-50)60-8-7-59-35)14-26(30-18-68-44-48(72-30)88-56(84-44)52-79-39-40(80-52)64-12-11-63-39)22-4-3-21-25(29-17-67-43-47(71-29)87-55(83-43)51-77-37-38(78-51)62-10-9-61-37)13-23(19(1)31(21)32(20)22)27-15-65-41-45(69-27)85-53(81-41)49-73-33-34(74-49)58-6-5-57-33/h1-4,13-14,23,27-30,32H,5-12,15-18H2/t23-,27?,28?,29?,30?,32+/m1/s1. The van der Waals surface area contributed by atoms with E-state index in [1.165, 1.54) is 79.9 Å². The molecule has 16 aliphatic heterocycles. The van der Waals surface area contributed by atoms with Crippen molar-refractivity contribution in [2.24, 2.45) is 11.8 Å². The van der Waals surface area contributed by atoms with E-state index in [1.807, 2.05) is 0 Å². The Hall–Kier alpha value is 6.26. The van der Waals surface area contributed by atoms with Crippen LogP contribution >= 0.6 is 376 Å². The largest absolute Gasteiger partial charge is 0.116 e. The van der Waals surface area contributed by atoms with Gasteiger partial charge < -0.3 is 0 Å². The lowest BCUT2D eigenvalue weighted by Gasteiger charge is -2.46. The number of rotatable bonds is 4. The molecule has 0 saturated carbocycles. The van der Waals surface area contributed by atoms with Crippen molar-refractivity contribution in [2.45, 2.75) is 21.0 Å². The second-order valence-electron chi connectivity index (χ2n) is 20.5. The second kappa shape index (κ2) is 27.4. The highest BCUT2D eigenvalue weighted by Gasteiger charge is 2.50. The molecule has 452 valence electrons. The maximum absolute atomic E-state index is 2.86. The van der Waals surface area contributed by atoms with E-state index in [-0.39, 0.29) is 5.92 Å². The molecule has 4 aliphatic carbocycles. The summed E-state index contributed by atoms with van der Waals surface area (Å²) in [7, 11) is 0. The Labute approximate surface area is 650 Å². The highest BCUT2D eigenvalue weighted by Crippen LogP contribution is 2.75. The lowest BCUT2D eigenvalue weighted by atomic mass is 9.62. The average molecular weight is 1740 g/mol. The highest BCUT2D eigenvalue weighted by atomic mass is 32.3. The molecular weight excluding hydrogens is 1700 g/mol. The summed E-state index contributed by atoms with van der Waals surface area (Å²) in [5.74, 6) is 14.9. The fraction of sp³-hybridized carbons (Fsp3) is 0.321. The fourth-order valence-corrected chi connectivity index (χ4v) is 62.5. The summed E-state index contributed by atoms with van der Waals surface area (Å²) in [6.45, 7) is 0. The van der Waals surface area contributed by atoms with Crippen molar-refractivity contribution in [1.82, 2.24) is 0 Å². The molecule has 0 aromatic heterocycles. The minimum Gasteiger partial charge on any atom is -0.116 e. The second-order valence-corrected chi connectivity index (χ2v) is 60.9. The molecule has 0 bridgehead atoms. The van der Waals surface area contributed by atoms with Crippen LogP contribution in [0.3, 0.4) is 0 Å². The first-order chi connectivity index (χ1) is 43.5. The molecule has 0 amide bonds. The summed E-state index contributed by atoms with van der Waals surface area (Å²) < 4.78 is 37.0. The van der Waals surface area contributed by atoms with E-state index < -0.39 is 0 Å². The topological polar surface area (TPSA) is 0 Å². The zero-order valence-corrected chi connectivity index (χ0v) is 70.6. The molecule has 0 radical (unpaired) electrons. The van der Waals surface area contributed by atoms with E-state index in [4.69, 9.17) is 0 Å². The van der Waals surface area contributed by atoms with Gasteiger partial charge in [-0.25, -0.2) is 0 Å². The summed E-state index contributed by atoms with van der Waals surface area (Å²) in [5.41, 5.74) is 12.8. The van der Waals surface area contributed by atoms with Crippen LogP contribution < -0.4 is 0 Å². The van der Waals surface area contributed by atoms with Crippen molar-refractivity contribution < 1.29 is 0 Å². The van der Waals surface area contributed by atoms with Crippen LogP contribution in [-0.2, 0) is 0 Å². The molecule has 88 heavy (non-hydrogen) atoms. The van der Waals surface area contributed by atoms with Gasteiger partial charge in [-0.1, -0.05) is 225 Å². The van der Waals surface area contributed by atoms with E-state index in [1.54, 1.807) is 112 Å². The number of thioether (sulfide) groups is 32. The zero-order valence-electron chi connectivity index (χ0n) is 44.5. The lowest BCUT2D eigenvalue weighted by Crippen LogP contribution is -2.36. The first kappa shape index (κ1) is 63.9. The van der Waals surface area contributed by atoms with Gasteiger partial charge in [0.05, 0.1) is 102 Å². The molecule has 20 rings (SSSR count). The summed E-state index contributed by atoms with van der Waals surface area (Å²) in [6.07, 6.45) is 16.3. The number of hydrogen-bond donors (Lipinski definition) is 0. The van der Waals surface area contributed by atoms with Crippen LogP contribution in [0.1, 0.15) is 0 Å². The van der Waals surface area contributed by atoms with Crippen molar-refractivity contribution in [3.05, 3.63) is 183 Å². The summed E-state index contributed by atoms with van der Waals surface area (Å²) in [4.78, 5) is 0. The third-order valence-electron chi connectivity index (χ3n) is 15.5. The van der Waals surface area contributed by atoms with Crippen molar-refractivity contribution in [3.63, 3.8) is 0 Å². The first-order valence-corrected chi connectivity index (χ1v) is 55.9. The van der Waals surface area contributed by atoms with Crippen molar-refractivity contribution in [1.29, 1.82) is 0 Å². The van der Waals surface area contributed by atoms with E-state index in [0.717, 1.165) is 23.0 Å². The van der Waals surface area contributed by atoms with Crippen LogP contribution in [-0.4, -0.2) is 90.0 Å². The van der Waals surface area contributed by atoms with E-state index in [2.05, 4.69) is 413 Å². The molecule has 32 heteroatoms. The van der Waals surface area contributed by atoms with E-state index >= 15 is 0 Å². The molecule has 4 unspecified atom stereocenters.